The first-order valence-electron chi connectivity index (χ1n) is 9.85. The monoisotopic (exact) mass is 462 g/mol. The van der Waals surface area contributed by atoms with Gasteiger partial charge in [0.25, 0.3) is 0 Å². The van der Waals surface area contributed by atoms with Crippen molar-refractivity contribution < 1.29 is 17.6 Å². The molecule has 1 aliphatic carbocycles. The molecule has 9 heteroatoms. The summed E-state index contributed by atoms with van der Waals surface area (Å²) in [6, 6.07) is 7.41. The molecule has 1 saturated heterocycles. The summed E-state index contributed by atoms with van der Waals surface area (Å²) in [6.45, 7) is 1.83. The Bertz CT molecular complexity index is 1260. The predicted octanol–water partition coefficient (Wildman–Crippen LogP) is 4.57. The molecule has 2 aliphatic heterocycles. The number of halogens is 1. The van der Waals surface area contributed by atoms with Gasteiger partial charge in [-0.3, -0.25) is 9.29 Å². The molecule has 1 spiro atoms. The Morgan fingerprint density at radius 3 is 2.80 bits per heavy atom. The molecule has 0 bridgehead atoms. The first kappa shape index (κ1) is 19.0. The SMILES string of the molecule is O=S(=O)(C1CC2(COC2)C1)N1CCSc2c(-c3cc4cc(Cl)ccc4o3)cncc21. The van der Waals surface area contributed by atoms with E-state index < -0.39 is 10.0 Å². The molecule has 6 nitrogen and oxygen atoms in total. The van der Waals surface area contributed by atoms with Crippen LogP contribution in [0.3, 0.4) is 0 Å². The van der Waals surface area contributed by atoms with E-state index in [0.29, 0.717) is 54.8 Å². The van der Waals surface area contributed by atoms with Crippen molar-refractivity contribution in [2.24, 2.45) is 5.41 Å². The molecular formula is C21H19ClN2O4S2. The molecule has 156 valence electrons. The third-order valence-electron chi connectivity index (χ3n) is 6.30. The number of furan rings is 1. The van der Waals surface area contributed by atoms with Crippen molar-refractivity contribution in [2.75, 3.05) is 29.8 Å². The van der Waals surface area contributed by atoms with E-state index in [9.17, 15) is 8.42 Å². The number of sulfonamides is 1. The third-order valence-corrected chi connectivity index (χ3v) is 9.81. The summed E-state index contributed by atoms with van der Waals surface area (Å²) in [5.41, 5.74) is 2.29. The highest BCUT2D eigenvalue weighted by Gasteiger charge is 2.55. The Labute approximate surface area is 183 Å². The number of fused-ring (bicyclic) bond motifs is 2. The van der Waals surface area contributed by atoms with Crippen LogP contribution in [-0.4, -0.2) is 44.2 Å². The van der Waals surface area contributed by atoms with E-state index >= 15 is 0 Å². The Morgan fingerprint density at radius 2 is 2.03 bits per heavy atom. The number of pyridine rings is 1. The van der Waals surface area contributed by atoms with Crippen molar-refractivity contribution in [1.82, 2.24) is 4.98 Å². The van der Waals surface area contributed by atoms with Crippen LogP contribution < -0.4 is 4.31 Å². The quantitative estimate of drug-likeness (QED) is 0.567. The Kier molecular flexibility index (Phi) is 4.19. The van der Waals surface area contributed by atoms with Crippen LogP contribution in [-0.2, 0) is 14.8 Å². The van der Waals surface area contributed by atoms with Gasteiger partial charge in [0.2, 0.25) is 10.0 Å². The summed E-state index contributed by atoms with van der Waals surface area (Å²) < 4.78 is 39.7. The maximum absolute atomic E-state index is 13.4. The van der Waals surface area contributed by atoms with Gasteiger partial charge in [-0.1, -0.05) is 11.6 Å². The zero-order valence-electron chi connectivity index (χ0n) is 16.0. The summed E-state index contributed by atoms with van der Waals surface area (Å²) >= 11 is 7.75. The van der Waals surface area contributed by atoms with Gasteiger partial charge in [0.15, 0.2) is 0 Å². The van der Waals surface area contributed by atoms with Crippen LogP contribution in [0.4, 0.5) is 5.69 Å². The summed E-state index contributed by atoms with van der Waals surface area (Å²) in [5.74, 6) is 1.36. The fourth-order valence-corrected chi connectivity index (χ4v) is 8.33. The van der Waals surface area contributed by atoms with Crippen molar-refractivity contribution in [3.05, 3.63) is 41.7 Å². The van der Waals surface area contributed by atoms with E-state index in [1.54, 1.807) is 34.5 Å². The number of thioether (sulfide) groups is 1. The van der Waals surface area contributed by atoms with Gasteiger partial charge >= 0.3 is 0 Å². The van der Waals surface area contributed by atoms with Crippen molar-refractivity contribution in [1.29, 1.82) is 0 Å². The standard InChI is InChI=1S/C21H19ClN2O4S2/c22-14-1-2-18-13(5-14)6-19(28-18)16-9-23-10-17-20(16)29-4-3-24(17)30(25,26)15-7-21(8-15)11-27-12-21/h1-2,5-6,9-10,15H,3-4,7-8,11-12H2. The average molecular weight is 463 g/mol. The van der Waals surface area contributed by atoms with Gasteiger partial charge in [0.05, 0.1) is 35.9 Å². The molecule has 0 N–H and O–H groups in total. The normalized spacial score (nSPS) is 20.8. The second-order valence-corrected chi connectivity index (χ2v) is 12.0. The lowest BCUT2D eigenvalue weighted by atomic mass is 9.67. The lowest BCUT2D eigenvalue weighted by Gasteiger charge is -2.53. The molecule has 0 amide bonds. The molecule has 0 unspecified atom stereocenters. The largest absolute Gasteiger partial charge is 0.456 e. The molecule has 6 rings (SSSR count). The van der Waals surface area contributed by atoms with Gasteiger partial charge in [-0.15, -0.1) is 11.8 Å². The topological polar surface area (TPSA) is 72.6 Å². The molecule has 3 aromatic rings. The van der Waals surface area contributed by atoms with Crippen LogP contribution in [0.25, 0.3) is 22.3 Å². The molecule has 4 heterocycles. The Balaban J connectivity index is 1.38. The highest BCUT2D eigenvalue weighted by Crippen LogP contribution is 2.52. The lowest BCUT2D eigenvalue weighted by Crippen LogP contribution is -2.59. The minimum absolute atomic E-state index is 0.0980. The molecule has 1 aromatic carbocycles. The number of benzene rings is 1. The van der Waals surface area contributed by atoms with E-state index in [1.165, 1.54) is 0 Å². The zero-order valence-corrected chi connectivity index (χ0v) is 18.4. The van der Waals surface area contributed by atoms with E-state index in [0.717, 1.165) is 21.4 Å². The highest BCUT2D eigenvalue weighted by atomic mass is 35.5. The summed E-state index contributed by atoms with van der Waals surface area (Å²) in [5, 5.41) is 1.21. The Hall–Kier alpha value is -1.74. The minimum Gasteiger partial charge on any atom is -0.456 e. The maximum atomic E-state index is 13.4. The van der Waals surface area contributed by atoms with Crippen LogP contribution in [0.1, 0.15) is 12.8 Å². The average Bonchev–Trinajstić information content (AvgIpc) is 3.07. The number of aromatic nitrogens is 1. The lowest BCUT2D eigenvalue weighted by molar-refractivity contribution is -0.153. The van der Waals surface area contributed by atoms with E-state index in [1.807, 2.05) is 18.2 Å². The second-order valence-electron chi connectivity index (χ2n) is 8.32. The Morgan fingerprint density at radius 1 is 1.20 bits per heavy atom. The van der Waals surface area contributed by atoms with Gasteiger partial charge in [-0.05, 0) is 37.1 Å². The first-order valence-corrected chi connectivity index (χ1v) is 12.7. The predicted molar refractivity (Wildman–Crippen MR) is 118 cm³/mol. The van der Waals surface area contributed by atoms with Gasteiger partial charge in [0.1, 0.15) is 11.3 Å². The fraction of sp³-hybridized carbons (Fsp3) is 0.381. The van der Waals surface area contributed by atoms with Crippen molar-refractivity contribution >= 4 is 50.0 Å². The molecule has 2 aromatic heterocycles. The zero-order chi connectivity index (χ0) is 20.5. The first-order chi connectivity index (χ1) is 14.5. The highest BCUT2D eigenvalue weighted by molar-refractivity contribution is 8.00. The molecular weight excluding hydrogens is 444 g/mol. The van der Waals surface area contributed by atoms with E-state index in [4.69, 9.17) is 20.8 Å². The molecule has 30 heavy (non-hydrogen) atoms. The summed E-state index contributed by atoms with van der Waals surface area (Å²) in [7, 11) is -3.44. The second kappa shape index (κ2) is 6.63. The molecule has 0 radical (unpaired) electrons. The maximum Gasteiger partial charge on any atom is 0.238 e. The van der Waals surface area contributed by atoms with Crippen molar-refractivity contribution in [3.63, 3.8) is 0 Å². The van der Waals surface area contributed by atoms with E-state index in [2.05, 4.69) is 4.98 Å². The number of rotatable bonds is 3. The van der Waals surface area contributed by atoms with Crippen molar-refractivity contribution in [3.8, 4) is 11.3 Å². The van der Waals surface area contributed by atoms with Gasteiger partial charge < -0.3 is 9.15 Å². The van der Waals surface area contributed by atoms with Crippen LogP contribution in [0.15, 0.2) is 46.0 Å². The van der Waals surface area contributed by atoms with Crippen LogP contribution in [0.5, 0.6) is 0 Å². The number of hydrogen-bond donors (Lipinski definition) is 0. The minimum atomic E-state index is -3.44. The summed E-state index contributed by atoms with van der Waals surface area (Å²) in [6.07, 6.45) is 4.77. The molecule has 3 aliphatic rings. The van der Waals surface area contributed by atoms with Gasteiger partial charge in [0, 0.05) is 39.2 Å². The smallest absolute Gasteiger partial charge is 0.238 e. The van der Waals surface area contributed by atoms with Gasteiger partial charge in [-0.25, -0.2) is 8.42 Å². The number of hydrogen-bond acceptors (Lipinski definition) is 6. The van der Waals surface area contributed by atoms with Crippen molar-refractivity contribution in [2.45, 2.75) is 23.0 Å². The number of anilines is 1. The fourth-order valence-electron chi connectivity index (χ4n) is 4.63. The molecule has 2 fully saturated rings. The number of ether oxygens (including phenoxy) is 1. The molecule has 0 atom stereocenters. The van der Waals surface area contributed by atoms with Crippen LogP contribution in [0, 0.1) is 5.41 Å². The summed E-state index contributed by atoms with van der Waals surface area (Å²) in [4.78, 5) is 5.25. The number of nitrogens with zero attached hydrogens (tertiary/aromatic N) is 2. The van der Waals surface area contributed by atoms with Crippen LogP contribution >= 0.6 is 23.4 Å². The van der Waals surface area contributed by atoms with Gasteiger partial charge in [-0.2, -0.15) is 0 Å². The van der Waals surface area contributed by atoms with Crippen LogP contribution in [0.2, 0.25) is 5.02 Å². The third kappa shape index (κ3) is 2.81. The van der Waals surface area contributed by atoms with E-state index in [-0.39, 0.29) is 10.7 Å². The molecule has 1 saturated carbocycles.